The van der Waals surface area contributed by atoms with E-state index in [4.69, 9.17) is 16.3 Å². The summed E-state index contributed by atoms with van der Waals surface area (Å²) in [6, 6.07) is 5.48. The molecule has 9 heteroatoms. The molecule has 0 radical (unpaired) electrons. The third-order valence-electron chi connectivity index (χ3n) is 4.32. The second-order valence-electron chi connectivity index (χ2n) is 6.30. The third kappa shape index (κ3) is 4.97. The highest BCUT2D eigenvalue weighted by atomic mass is 35.5. The first-order valence-electron chi connectivity index (χ1n) is 8.51. The Hall–Kier alpha value is -1.61. The van der Waals surface area contributed by atoms with Gasteiger partial charge in [-0.05, 0) is 24.6 Å². The SMILES string of the molecule is Cc1ccc(NC(=O)CSc2nnc(C[NH+]3CCOCC3)n2C)cc1Cl. The lowest BCUT2D eigenvalue weighted by atomic mass is 10.2. The summed E-state index contributed by atoms with van der Waals surface area (Å²) in [5, 5.41) is 12.7. The standard InChI is InChI=1S/C17H22ClN5O2S/c1-12-3-4-13(9-14(12)18)19-16(24)11-26-17-21-20-15(22(17)2)10-23-5-7-25-8-6-23/h3-4,9H,5-8,10-11H2,1-2H3,(H,19,24)/p+1. The Morgan fingerprint density at radius 2 is 2.15 bits per heavy atom. The zero-order valence-corrected chi connectivity index (χ0v) is 16.5. The van der Waals surface area contributed by atoms with Crippen molar-refractivity contribution in [3.05, 3.63) is 34.6 Å². The second kappa shape index (κ2) is 8.85. The molecule has 0 saturated carbocycles. The van der Waals surface area contributed by atoms with Gasteiger partial charge < -0.3 is 19.5 Å². The summed E-state index contributed by atoms with van der Waals surface area (Å²) in [5.74, 6) is 1.09. The van der Waals surface area contributed by atoms with Crippen LogP contribution >= 0.6 is 23.4 Å². The number of aryl methyl sites for hydroxylation is 1. The molecule has 1 saturated heterocycles. The van der Waals surface area contributed by atoms with E-state index < -0.39 is 0 Å². The number of halogens is 1. The molecular formula is C17H23ClN5O2S+. The van der Waals surface area contributed by atoms with Crippen molar-refractivity contribution in [2.75, 3.05) is 37.4 Å². The van der Waals surface area contributed by atoms with Crippen LogP contribution in [0.15, 0.2) is 23.4 Å². The number of rotatable bonds is 6. The van der Waals surface area contributed by atoms with E-state index in [0.717, 1.165) is 49.4 Å². The number of morpholine rings is 1. The number of carbonyl (C=O) groups is 1. The number of quaternary nitrogens is 1. The van der Waals surface area contributed by atoms with Crippen LogP contribution in [0.5, 0.6) is 0 Å². The van der Waals surface area contributed by atoms with Crippen molar-refractivity contribution in [1.82, 2.24) is 14.8 Å². The Morgan fingerprint density at radius 3 is 2.88 bits per heavy atom. The molecule has 26 heavy (non-hydrogen) atoms. The zero-order valence-electron chi connectivity index (χ0n) is 14.9. The number of nitrogens with zero attached hydrogens (tertiary/aromatic N) is 3. The molecule has 0 aliphatic carbocycles. The third-order valence-corrected chi connectivity index (χ3v) is 5.75. The van der Waals surface area contributed by atoms with Crippen molar-refractivity contribution in [3.8, 4) is 0 Å². The summed E-state index contributed by atoms with van der Waals surface area (Å²) in [6.07, 6.45) is 0. The lowest BCUT2D eigenvalue weighted by molar-refractivity contribution is -0.922. The van der Waals surface area contributed by atoms with E-state index in [-0.39, 0.29) is 11.7 Å². The first kappa shape index (κ1) is 19.2. The number of nitrogens with one attached hydrogen (secondary N) is 2. The fourth-order valence-electron chi connectivity index (χ4n) is 2.68. The molecule has 2 N–H and O–H groups in total. The van der Waals surface area contributed by atoms with Gasteiger partial charge in [0, 0.05) is 17.8 Å². The van der Waals surface area contributed by atoms with Crippen LogP contribution in [0.4, 0.5) is 5.69 Å². The highest BCUT2D eigenvalue weighted by Gasteiger charge is 2.19. The minimum absolute atomic E-state index is 0.0988. The summed E-state index contributed by atoms with van der Waals surface area (Å²) in [6.45, 7) is 6.29. The van der Waals surface area contributed by atoms with Crippen LogP contribution < -0.4 is 10.2 Å². The average molecular weight is 397 g/mol. The number of benzene rings is 1. The predicted octanol–water partition coefficient (Wildman–Crippen LogP) is 0.923. The topological polar surface area (TPSA) is 73.5 Å². The van der Waals surface area contributed by atoms with E-state index in [0.29, 0.717) is 10.7 Å². The number of anilines is 1. The minimum atomic E-state index is -0.0988. The molecule has 1 amide bonds. The lowest BCUT2D eigenvalue weighted by Gasteiger charge is -2.23. The number of hydrogen-bond acceptors (Lipinski definition) is 5. The predicted molar refractivity (Wildman–Crippen MR) is 102 cm³/mol. The van der Waals surface area contributed by atoms with Crippen LogP contribution in [0, 0.1) is 6.92 Å². The van der Waals surface area contributed by atoms with E-state index in [2.05, 4.69) is 15.5 Å². The second-order valence-corrected chi connectivity index (χ2v) is 7.65. The molecular weight excluding hydrogens is 374 g/mol. The van der Waals surface area contributed by atoms with Gasteiger partial charge in [0.2, 0.25) is 5.91 Å². The van der Waals surface area contributed by atoms with Gasteiger partial charge in [0.25, 0.3) is 0 Å². The molecule has 7 nitrogen and oxygen atoms in total. The van der Waals surface area contributed by atoms with Gasteiger partial charge in [-0.3, -0.25) is 4.79 Å². The molecule has 0 atom stereocenters. The van der Waals surface area contributed by atoms with Crippen LogP contribution in [0.2, 0.25) is 5.02 Å². The Labute approximate surface area is 162 Å². The number of aromatic nitrogens is 3. The molecule has 0 bridgehead atoms. The van der Waals surface area contributed by atoms with Crippen molar-refractivity contribution in [3.63, 3.8) is 0 Å². The van der Waals surface area contributed by atoms with Crippen LogP contribution in [0.25, 0.3) is 0 Å². The number of ether oxygens (including phenoxy) is 1. The summed E-state index contributed by atoms with van der Waals surface area (Å²) in [4.78, 5) is 13.6. The first-order chi connectivity index (χ1) is 12.5. The van der Waals surface area contributed by atoms with Gasteiger partial charge in [0.05, 0.1) is 19.0 Å². The number of hydrogen-bond donors (Lipinski definition) is 2. The van der Waals surface area contributed by atoms with Crippen molar-refractivity contribution >= 4 is 35.0 Å². The molecule has 0 spiro atoms. The van der Waals surface area contributed by atoms with Crippen molar-refractivity contribution in [1.29, 1.82) is 0 Å². The van der Waals surface area contributed by atoms with Gasteiger partial charge >= 0.3 is 0 Å². The normalized spacial score (nSPS) is 15.2. The van der Waals surface area contributed by atoms with Crippen LogP contribution in [-0.2, 0) is 23.1 Å². The van der Waals surface area contributed by atoms with Crippen LogP contribution in [0.3, 0.4) is 0 Å². The molecule has 3 rings (SSSR count). The van der Waals surface area contributed by atoms with Crippen molar-refractivity contribution in [2.45, 2.75) is 18.6 Å². The Balaban J connectivity index is 1.52. The molecule has 2 heterocycles. The molecule has 1 aliphatic heterocycles. The van der Waals surface area contributed by atoms with E-state index in [1.807, 2.05) is 30.7 Å². The maximum absolute atomic E-state index is 12.2. The van der Waals surface area contributed by atoms with Gasteiger partial charge in [-0.25, -0.2) is 0 Å². The van der Waals surface area contributed by atoms with Gasteiger partial charge in [0.1, 0.15) is 19.6 Å². The molecule has 2 aromatic rings. The van der Waals surface area contributed by atoms with Gasteiger partial charge in [-0.1, -0.05) is 29.4 Å². The van der Waals surface area contributed by atoms with Gasteiger partial charge in [0.15, 0.2) is 11.0 Å². The highest BCUT2D eigenvalue weighted by Crippen LogP contribution is 2.21. The molecule has 1 aromatic heterocycles. The molecule has 1 aromatic carbocycles. The van der Waals surface area contributed by atoms with Crippen molar-refractivity contribution in [2.24, 2.45) is 7.05 Å². The molecule has 0 unspecified atom stereocenters. The first-order valence-corrected chi connectivity index (χ1v) is 9.87. The van der Waals surface area contributed by atoms with Crippen molar-refractivity contribution < 1.29 is 14.4 Å². The fourth-order valence-corrected chi connectivity index (χ4v) is 3.59. The molecule has 1 aliphatic rings. The number of thioether (sulfide) groups is 1. The van der Waals surface area contributed by atoms with Gasteiger partial charge in [-0.15, -0.1) is 10.2 Å². The highest BCUT2D eigenvalue weighted by molar-refractivity contribution is 7.99. The summed E-state index contributed by atoms with van der Waals surface area (Å²) in [7, 11) is 1.94. The van der Waals surface area contributed by atoms with Gasteiger partial charge in [-0.2, -0.15) is 0 Å². The summed E-state index contributed by atoms with van der Waals surface area (Å²) >= 11 is 7.46. The smallest absolute Gasteiger partial charge is 0.234 e. The van der Waals surface area contributed by atoms with E-state index >= 15 is 0 Å². The quantitative estimate of drug-likeness (QED) is 0.710. The summed E-state index contributed by atoms with van der Waals surface area (Å²) in [5.41, 5.74) is 1.67. The maximum Gasteiger partial charge on any atom is 0.234 e. The summed E-state index contributed by atoms with van der Waals surface area (Å²) < 4.78 is 7.34. The number of amides is 1. The maximum atomic E-state index is 12.2. The van der Waals surface area contributed by atoms with E-state index in [1.165, 1.54) is 16.7 Å². The monoisotopic (exact) mass is 396 g/mol. The van der Waals surface area contributed by atoms with Crippen LogP contribution in [0.1, 0.15) is 11.4 Å². The van der Waals surface area contributed by atoms with E-state index in [9.17, 15) is 4.79 Å². The molecule has 140 valence electrons. The Kier molecular flexibility index (Phi) is 6.53. The fraction of sp³-hybridized carbons (Fsp3) is 0.471. The van der Waals surface area contributed by atoms with E-state index in [1.54, 1.807) is 6.07 Å². The zero-order chi connectivity index (χ0) is 18.5. The van der Waals surface area contributed by atoms with Crippen LogP contribution in [-0.4, -0.2) is 52.7 Å². The minimum Gasteiger partial charge on any atom is -0.370 e. The number of carbonyl (C=O) groups excluding carboxylic acids is 1. The lowest BCUT2D eigenvalue weighted by Crippen LogP contribution is -3.12. The Morgan fingerprint density at radius 1 is 1.38 bits per heavy atom. The average Bonchev–Trinajstić information content (AvgIpc) is 2.97. The Bertz CT molecular complexity index is 777. The largest absolute Gasteiger partial charge is 0.370 e. The molecule has 1 fully saturated rings.